The highest BCUT2D eigenvalue weighted by molar-refractivity contribution is 6.26. The Morgan fingerprint density at radius 1 is 0.333 bits per heavy atom. The molecule has 0 aliphatic heterocycles. The third kappa shape index (κ3) is 7.29. The molecule has 12 aromatic carbocycles. The van der Waals surface area contributed by atoms with Crippen molar-refractivity contribution in [2.24, 2.45) is 0 Å². The number of anilines is 6. The highest BCUT2D eigenvalue weighted by Gasteiger charge is 2.24. The Balaban J connectivity index is 1.09. The van der Waals surface area contributed by atoms with Crippen LogP contribution in [0, 0.1) is 0 Å². The van der Waals surface area contributed by atoms with E-state index in [2.05, 4.69) is 260 Å². The van der Waals surface area contributed by atoms with E-state index in [1.165, 1.54) is 43.8 Å². The summed E-state index contributed by atoms with van der Waals surface area (Å²) in [6.07, 6.45) is 5.82. The summed E-state index contributed by atoms with van der Waals surface area (Å²) in [5.41, 5.74) is 14.2. The Kier molecular flexibility index (Phi) is 10.5. The summed E-state index contributed by atoms with van der Waals surface area (Å²) < 4.78 is 13.1. The van der Waals surface area contributed by atoms with Crippen molar-refractivity contribution in [3.8, 4) is 22.3 Å². The molecule has 0 N–H and O–H groups in total. The highest BCUT2D eigenvalue weighted by atomic mass is 16.3. The Morgan fingerprint density at radius 3 is 1.29 bits per heavy atom. The van der Waals surface area contributed by atoms with Crippen molar-refractivity contribution in [1.82, 2.24) is 0 Å². The van der Waals surface area contributed by atoms with Gasteiger partial charge in [0.05, 0.1) is 0 Å². The first-order valence-corrected chi connectivity index (χ1v) is 25.5. The van der Waals surface area contributed by atoms with E-state index in [0.717, 1.165) is 99.2 Å². The lowest BCUT2D eigenvalue weighted by atomic mass is 9.83. The number of furan rings is 2. The van der Waals surface area contributed by atoms with Gasteiger partial charge in [-0.15, -0.1) is 0 Å². The van der Waals surface area contributed by atoms with Crippen molar-refractivity contribution in [2.45, 2.75) is 6.92 Å². The fraction of sp³-hybridized carbons (Fsp3) is 0.0141. The summed E-state index contributed by atoms with van der Waals surface area (Å²) in [4.78, 5) is 4.71. The minimum atomic E-state index is 0.798. The molecule has 354 valence electrons. The van der Waals surface area contributed by atoms with Crippen LogP contribution in [0.1, 0.15) is 6.92 Å². The Labute approximate surface area is 433 Å². The maximum Gasteiger partial charge on any atom is 0.137 e. The Morgan fingerprint density at radius 2 is 0.760 bits per heavy atom. The van der Waals surface area contributed by atoms with Gasteiger partial charge < -0.3 is 18.6 Å². The van der Waals surface area contributed by atoms with Crippen molar-refractivity contribution in [1.29, 1.82) is 0 Å². The fourth-order valence-corrected chi connectivity index (χ4v) is 11.6. The molecule has 0 amide bonds. The average molecular weight is 961 g/mol. The van der Waals surface area contributed by atoms with Crippen LogP contribution in [0.15, 0.2) is 264 Å². The van der Waals surface area contributed by atoms with E-state index in [1.54, 1.807) is 6.08 Å². The molecule has 2 aromatic heterocycles. The molecule has 0 aliphatic rings. The van der Waals surface area contributed by atoms with Gasteiger partial charge in [-0.1, -0.05) is 170 Å². The quantitative estimate of drug-likeness (QED) is 0.135. The molecule has 2 heterocycles. The number of rotatable bonds is 9. The molecule has 0 atom stereocenters. The standard InChI is InChI=1S/C71H48N2O2/c1-3-19-66-54(4-2)58-38-34-52(44-68(58)74-66)72(48-24-7-5-8-25-48)50-36-40-62-64(42-50)70(60-31-17-22-46-20-11-13-28-55(46)60)63-41-37-51(43-65(63)71(62)61-32-18-23-47-21-12-14-29-56(47)61)73(49-26-9-6-10-27-49)53-35-39-59-57-30-15-16-33-67(57)75-69(59)45-53/h3-45H,1H2,2H3/b54-4-,66-19+. The number of fused-ring (bicyclic) bond motifs is 8. The predicted molar refractivity (Wildman–Crippen MR) is 318 cm³/mol. The molecular weight excluding hydrogens is 913 g/mol. The van der Waals surface area contributed by atoms with E-state index in [1.807, 2.05) is 18.2 Å². The lowest BCUT2D eigenvalue weighted by molar-refractivity contribution is 0.576. The molecule has 14 aromatic rings. The molecule has 0 saturated carbocycles. The van der Waals surface area contributed by atoms with Crippen molar-refractivity contribution < 1.29 is 8.83 Å². The normalized spacial score (nSPS) is 12.3. The van der Waals surface area contributed by atoms with Gasteiger partial charge in [0.15, 0.2) is 0 Å². The van der Waals surface area contributed by atoms with E-state index < -0.39 is 0 Å². The maximum atomic E-state index is 6.55. The van der Waals surface area contributed by atoms with Crippen LogP contribution in [0.3, 0.4) is 0 Å². The lowest BCUT2D eigenvalue weighted by Gasteiger charge is -2.28. The first-order valence-electron chi connectivity index (χ1n) is 25.5. The number of hydrogen-bond acceptors (Lipinski definition) is 4. The second-order valence-electron chi connectivity index (χ2n) is 19.1. The second-order valence-corrected chi connectivity index (χ2v) is 19.1. The van der Waals surface area contributed by atoms with Crippen LogP contribution in [0.25, 0.3) is 110 Å². The van der Waals surface area contributed by atoms with E-state index in [9.17, 15) is 0 Å². The van der Waals surface area contributed by atoms with Crippen LogP contribution in [0.4, 0.5) is 34.1 Å². The van der Waals surface area contributed by atoms with Crippen LogP contribution in [0.5, 0.6) is 0 Å². The smallest absolute Gasteiger partial charge is 0.137 e. The molecule has 0 aliphatic carbocycles. The average Bonchev–Trinajstić information content (AvgIpc) is 4.02. The number of hydrogen-bond donors (Lipinski definition) is 0. The monoisotopic (exact) mass is 960 g/mol. The molecule has 4 nitrogen and oxygen atoms in total. The minimum Gasteiger partial charge on any atom is -0.456 e. The fourth-order valence-electron chi connectivity index (χ4n) is 11.6. The first kappa shape index (κ1) is 43.9. The largest absolute Gasteiger partial charge is 0.456 e. The Hall–Kier alpha value is -9.90. The summed E-state index contributed by atoms with van der Waals surface area (Å²) in [6.45, 7) is 6.02. The van der Waals surface area contributed by atoms with E-state index >= 15 is 0 Å². The minimum absolute atomic E-state index is 0.798. The topological polar surface area (TPSA) is 32.8 Å². The molecule has 0 saturated heterocycles. The van der Waals surface area contributed by atoms with Crippen molar-refractivity contribution in [3.05, 3.63) is 266 Å². The Bertz CT molecular complexity index is 4690. The predicted octanol–water partition coefficient (Wildman–Crippen LogP) is 19.0. The van der Waals surface area contributed by atoms with Gasteiger partial charge in [0.25, 0.3) is 0 Å². The van der Waals surface area contributed by atoms with Gasteiger partial charge in [-0.05, 0) is 157 Å². The van der Waals surface area contributed by atoms with Gasteiger partial charge in [0, 0.05) is 67.6 Å². The summed E-state index contributed by atoms with van der Waals surface area (Å²) >= 11 is 0. The van der Waals surface area contributed by atoms with E-state index in [0.29, 0.717) is 0 Å². The van der Waals surface area contributed by atoms with Gasteiger partial charge in [0.2, 0.25) is 0 Å². The van der Waals surface area contributed by atoms with Crippen molar-refractivity contribution >= 4 is 122 Å². The van der Waals surface area contributed by atoms with Crippen LogP contribution in [-0.4, -0.2) is 0 Å². The molecular formula is C71H48N2O2. The van der Waals surface area contributed by atoms with Gasteiger partial charge in [-0.25, -0.2) is 0 Å². The molecule has 75 heavy (non-hydrogen) atoms. The lowest BCUT2D eigenvalue weighted by Crippen LogP contribution is -2.18. The number of nitrogens with zero attached hydrogens (tertiary/aromatic N) is 2. The van der Waals surface area contributed by atoms with Crippen LogP contribution < -0.4 is 20.4 Å². The summed E-state index contributed by atoms with van der Waals surface area (Å²) in [6, 6.07) is 87.8. The first-order chi connectivity index (χ1) is 37.1. The zero-order valence-electron chi connectivity index (χ0n) is 41.2. The molecule has 0 unspecified atom stereocenters. The van der Waals surface area contributed by atoms with Crippen LogP contribution in [0.2, 0.25) is 0 Å². The van der Waals surface area contributed by atoms with Crippen molar-refractivity contribution in [2.75, 3.05) is 9.80 Å². The van der Waals surface area contributed by atoms with E-state index in [-0.39, 0.29) is 0 Å². The van der Waals surface area contributed by atoms with Crippen LogP contribution in [-0.2, 0) is 0 Å². The zero-order valence-corrected chi connectivity index (χ0v) is 41.2. The molecule has 14 rings (SSSR count). The molecule has 4 heteroatoms. The number of para-hydroxylation sites is 3. The second kappa shape index (κ2) is 18.0. The zero-order chi connectivity index (χ0) is 50.0. The molecule has 0 radical (unpaired) electrons. The van der Waals surface area contributed by atoms with Gasteiger partial charge >= 0.3 is 0 Å². The summed E-state index contributed by atoms with van der Waals surface area (Å²) in [5.74, 6) is 0. The molecule has 0 fully saturated rings. The van der Waals surface area contributed by atoms with Gasteiger partial charge in [-0.2, -0.15) is 0 Å². The third-order valence-electron chi connectivity index (χ3n) is 14.9. The summed E-state index contributed by atoms with van der Waals surface area (Å²) in [7, 11) is 0. The van der Waals surface area contributed by atoms with Gasteiger partial charge in [-0.3, -0.25) is 0 Å². The number of benzene rings is 12. The SMILES string of the molecule is C=C/C=c1/oc2cc(N(c3ccccc3)c3ccc4c(-c5cccc6ccccc56)c5cc(N(c6ccccc6)c6ccc7c(c6)oc6ccccc67)ccc5c(-c5cccc6ccccc56)c4c3)ccc2/c1=C/C. The number of allylic oxidation sites excluding steroid dienone is 1. The van der Waals surface area contributed by atoms with E-state index in [4.69, 9.17) is 8.83 Å². The van der Waals surface area contributed by atoms with Crippen LogP contribution >= 0.6 is 0 Å². The van der Waals surface area contributed by atoms with Gasteiger partial charge in [0.1, 0.15) is 22.2 Å². The third-order valence-corrected chi connectivity index (χ3v) is 14.9. The highest BCUT2D eigenvalue weighted by Crippen LogP contribution is 2.50. The van der Waals surface area contributed by atoms with Crippen molar-refractivity contribution in [3.63, 3.8) is 0 Å². The molecule has 0 bridgehead atoms. The maximum absolute atomic E-state index is 6.55. The summed E-state index contributed by atoms with van der Waals surface area (Å²) in [5, 5.41) is 13.7. The molecule has 0 spiro atoms.